The van der Waals surface area contributed by atoms with Gasteiger partial charge in [-0.15, -0.1) is 0 Å². The molecule has 0 bridgehead atoms. The lowest BCUT2D eigenvalue weighted by Gasteiger charge is -2.52. The van der Waals surface area contributed by atoms with Crippen LogP contribution in [0.15, 0.2) is 24.3 Å². The third-order valence-electron chi connectivity index (χ3n) is 5.29. The molecule has 2 fully saturated rings. The zero-order valence-electron chi connectivity index (χ0n) is 13.3. The van der Waals surface area contributed by atoms with Crippen LogP contribution >= 0.6 is 0 Å². The number of hydrogen-bond donors (Lipinski definition) is 1. The minimum atomic E-state index is 0.173. The second-order valence-corrected chi connectivity index (χ2v) is 6.48. The predicted octanol–water partition coefficient (Wildman–Crippen LogP) is 2.70. The lowest BCUT2D eigenvalue weighted by atomic mass is 9.60. The quantitative estimate of drug-likeness (QED) is 0.910. The molecule has 1 aliphatic heterocycles. The van der Waals surface area contributed by atoms with E-state index in [0.29, 0.717) is 17.9 Å². The number of nitrogens with one attached hydrogen (secondary N) is 1. The van der Waals surface area contributed by atoms with Crippen molar-refractivity contribution in [1.82, 2.24) is 5.32 Å². The Morgan fingerprint density at radius 3 is 2.59 bits per heavy atom. The van der Waals surface area contributed by atoms with Crippen molar-refractivity contribution in [2.24, 2.45) is 5.41 Å². The molecule has 2 aliphatic rings. The van der Waals surface area contributed by atoms with Crippen molar-refractivity contribution in [3.63, 3.8) is 0 Å². The van der Waals surface area contributed by atoms with Gasteiger partial charge < -0.3 is 14.8 Å². The first-order valence-corrected chi connectivity index (χ1v) is 8.22. The summed E-state index contributed by atoms with van der Waals surface area (Å²) in [5, 5.41) is 3.25. The van der Waals surface area contributed by atoms with Crippen LogP contribution in [-0.4, -0.2) is 32.3 Å². The highest BCUT2D eigenvalue weighted by atomic mass is 16.5. The van der Waals surface area contributed by atoms with Crippen molar-refractivity contribution in [3.05, 3.63) is 29.8 Å². The van der Waals surface area contributed by atoms with E-state index in [4.69, 9.17) is 9.47 Å². The number of carbonyl (C=O) groups is 1. The maximum atomic E-state index is 12.2. The van der Waals surface area contributed by atoms with Crippen LogP contribution in [0.5, 0.6) is 5.75 Å². The minimum absolute atomic E-state index is 0.173. The van der Waals surface area contributed by atoms with E-state index in [1.54, 1.807) is 7.11 Å². The van der Waals surface area contributed by atoms with Gasteiger partial charge in [-0.1, -0.05) is 12.1 Å². The van der Waals surface area contributed by atoms with Crippen LogP contribution in [0.1, 0.15) is 37.7 Å². The highest BCUT2D eigenvalue weighted by Gasteiger charge is 2.47. The molecule has 4 nitrogen and oxygen atoms in total. The highest BCUT2D eigenvalue weighted by Crippen LogP contribution is 2.48. The number of benzene rings is 1. The number of carbonyl (C=O) groups excluding carboxylic acids is 1. The molecular formula is C18H25NO3. The lowest BCUT2D eigenvalue weighted by Crippen LogP contribution is -2.57. The molecule has 1 atom stereocenters. The molecule has 1 aromatic carbocycles. The number of rotatable bonds is 5. The fourth-order valence-corrected chi connectivity index (χ4v) is 3.62. The van der Waals surface area contributed by atoms with Gasteiger partial charge in [-0.05, 0) is 55.2 Å². The normalized spacial score (nSPS) is 22.9. The minimum Gasteiger partial charge on any atom is -0.497 e. The SMILES string of the molecule is COc1ccc(CCC(=O)NC2CCC23CCOCC3)cc1. The molecule has 1 aromatic rings. The molecule has 1 N–H and O–H groups in total. The first-order chi connectivity index (χ1) is 10.7. The Kier molecular flexibility index (Phi) is 4.67. The first-order valence-electron chi connectivity index (χ1n) is 8.22. The molecule has 120 valence electrons. The van der Waals surface area contributed by atoms with Crippen LogP contribution in [0.4, 0.5) is 0 Å². The van der Waals surface area contributed by atoms with E-state index < -0.39 is 0 Å². The summed E-state index contributed by atoms with van der Waals surface area (Å²) in [7, 11) is 1.66. The van der Waals surface area contributed by atoms with E-state index in [-0.39, 0.29) is 5.91 Å². The number of aryl methyl sites for hydroxylation is 1. The van der Waals surface area contributed by atoms with Crippen LogP contribution in [0.25, 0.3) is 0 Å². The maximum Gasteiger partial charge on any atom is 0.220 e. The number of hydrogen-bond acceptors (Lipinski definition) is 3. The van der Waals surface area contributed by atoms with Gasteiger partial charge in [0.05, 0.1) is 7.11 Å². The monoisotopic (exact) mass is 303 g/mol. The predicted molar refractivity (Wildman–Crippen MR) is 85.0 cm³/mol. The molecule has 0 aromatic heterocycles. The summed E-state index contributed by atoms with van der Waals surface area (Å²) in [6.45, 7) is 1.69. The van der Waals surface area contributed by atoms with Gasteiger partial charge in [-0.25, -0.2) is 0 Å². The molecule has 22 heavy (non-hydrogen) atoms. The molecule has 1 spiro atoms. The van der Waals surface area contributed by atoms with Crippen molar-refractivity contribution >= 4 is 5.91 Å². The van der Waals surface area contributed by atoms with E-state index in [1.807, 2.05) is 24.3 Å². The van der Waals surface area contributed by atoms with Crippen molar-refractivity contribution < 1.29 is 14.3 Å². The van der Waals surface area contributed by atoms with Crippen molar-refractivity contribution in [2.75, 3.05) is 20.3 Å². The van der Waals surface area contributed by atoms with E-state index >= 15 is 0 Å². The van der Waals surface area contributed by atoms with Crippen molar-refractivity contribution in [2.45, 2.75) is 44.6 Å². The van der Waals surface area contributed by atoms with Gasteiger partial charge in [-0.2, -0.15) is 0 Å². The summed E-state index contributed by atoms with van der Waals surface area (Å²) in [5.74, 6) is 1.02. The summed E-state index contributed by atoms with van der Waals surface area (Å²) in [4.78, 5) is 12.2. The third kappa shape index (κ3) is 3.27. The summed E-state index contributed by atoms with van der Waals surface area (Å²) in [6, 6.07) is 8.29. The Morgan fingerprint density at radius 1 is 1.27 bits per heavy atom. The molecule has 1 amide bonds. The van der Waals surface area contributed by atoms with Gasteiger partial charge in [0.1, 0.15) is 5.75 Å². The fraction of sp³-hybridized carbons (Fsp3) is 0.611. The Labute approximate surface area is 132 Å². The molecule has 1 unspecified atom stereocenters. The molecule has 4 heteroatoms. The topological polar surface area (TPSA) is 47.6 Å². The maximum absolute atomic E-state index is 12.2. The summed E-state index contributed by atoms with van der Waals surface area (Å²) < 4.78 is 10.6. The average molecular weight is 303 g/mol. The van der Waals surface area contributed by atoms with E-state index in [1.165, 1.54) is 12.0 Å². The van der Waals surface area contributed by atoms with Gasteiger partial charge >= 0.3 is 0 Å². The summed E-state index contributed by atoms with van der Waals surface area (Å²) in [6.07, 6.45) is 5.87. The van der Waals surface area contributed by atoms with Gasteiger partial charge in [0.25, 0.3) is 0 Å². The molecule has 1 heterocycles. The fourth-order valence-electron chi connectivity index (χ4n) is 3.62. The molecule has 1 aliphatic carbocycles. The van der Waals surface area contributed by atoms with Gasteiger partial charge in [-0.3, -0.25) is 4.79 Å². The van der Waals surface area contributed by atoms with Crippen LogP contribution in [0.2, 0.25) is 0 Å². The Hall–Kier alpha value is -1.55. The number of ether oxygens (including phenoxy) is 2. The van der Waals surface area contributed by atoms with E-state index in [9.17, 15) is 4.79 Å². The van der Waals surface area contributed by atoms with Crippen molar-refractivity contribution in [1.29, 1.82) is 0 Å². The van der Waals surface area contributed by atoms with Crippen LogP contribution in [0.3, 0.4) is 0 Å². The Balaban J connectivity index is 1.46. The average Bonchev–Trinajstić information content (AvgIpc) is 2.58. The van der Waals surface area contributed by atoms with Crippen LogP contribution in [-0.2, 0) is 16.0 Å². The Bertz CT molecular complexity index is 506. The largest absolute Gasteiger partial charge is 0.497 e. The molecule has 1 saturated heterocycles. The third-order valence-corrected chi connectivity index (χ3v) is 5.29. The molecule has 1 saturated carbocycles. The lowest BCUT2D eigenvalue weighted by molar-refractivity contribution is -0.127. The highest BCUT2D eigenvalue weighted by molar-refractivity contribution is 5.76. The second kappa shape index (κ2) is 6.69. The zero-order valence-corrected chi connectivity index (χ0v) is 13.3. The smallest absolute Gasteiger partial charge is 0.220 e. The Morgan fingerprint density at radius 2 is 2.00 bits per heavy atom. The molecule has 3 rings (SSSR count). The molecular weight excluding hydrogens is 278 g/mol. The second-order valence-electron chi connectivity index (χ2n) is 6.48. The number of methoxy groups -OCH3 is 1. The van der Waals surface area contributed by atoms with E-state index in [0.717, 1.165) is 44.6 Å². The van der Waals surface area contributed by atoms with Crippen LogP contribution < -0.4 is 10.1 Å². The first kappa shape index (κ1) is 15.3. The summed E-state index contributed by atoms with van der Waals surface area (Å²) in [5.41, 5.74) is 1.50. The van der Waals surface area contributed by atoms with Gasteiger partial charge in [0.2, 0.25) is 5.91 Å². The van der Waals surface area contributed by atoms with Crippen molar-refractivity contribution in [3.8, 4) is 5.75 Å². The summed E-state index contributed by atoms with van der Waals surface area (Å²) >= 11 is 0. The standard InChI is InChI=1S/C18H25NO3/c1-21-15-5-2-14(3-6-15)4-7-17(20)19-16-8-9-18(16)10-12-22-13-11-18/h2-3,5-6,16H,4,7-13H2,1H3,(H,19,20). The van der Waals surface area contributed by atoms with Gasteiger partial charge in [0, 0.05) is 25.7 Å². The number of amides is 1. The van der Waals surface area contributed by atoms with Crippen LogP contribution in [0, 0.1) is 5.41 Å². The zero-order chi connectivity index (χ0) is 15.4. The van der Waals surface area contributed by atoms with E-state index in [2.05, 4.69) is 5.32 Å². The molecule has 0 radical (unpaired) electrons. The van der Waals surface area contributed by atoms with Gasteiger partial charge in [0.15, 0.2) is 0 Å².